The minimum atomic E-state index is -1.29. The van der Waals surface area contributed by atoms with E-state index in [2.05, 4.69) is 26.5 Å². The summed E-state index contributed by atoms with van der Waals surface area (Å²) in [6.07, 6.45) is 1.34. The highest BCUT2D eigenvalue weighted by molar-refractivity contribution is 8.01. The van der Waals surface area contributed by atoms with E-state index in [9.17, 15) is 34.3 Å². The van der Waals surface area contributed by atoms with Crippen LogP contribution in [0.5, 0.6) is 0 Å². The average Bonchev–Trinajstić information content (AvgIpc) is 3.61. The molecular weight excluding hydrogens is 584 g/mol. The normalized spacial score (nSPS) is 20.8. The van der Waals surface area contributed by atoms with Crippen LogP contribution in [0.2, 0.25) is 0 Å². The van der Waals surface area contributed by atoms with E-state index in [0.29, 0.717) is 21.8 Å². The largest absolute Gasteiger partial charge is 0.593 e. The van der Waals surface area contributed by atoms with Gasteiger partial charge in [-0.15, -0.1) is 23.1 Å². The number of aromatic nitrogens is 2. The number of aliphatic carboxylic acids is 1. The van der Waals surface area contributed by atoms with Crippen LogP contribution in [0, 0.1) is 5.21 Å². The monoisotopic (exact) mass is 606 g/mol. The number of carboxylic acid groups (broad SMARTS) is 1. The summed E-state index contributed by atoms with van der Waals surface area (Å²) < 4.78 is 0. The summed E-state index contributed by atoms with van der Waals surface area (Å²) in [6.45, 7) is 0.620. The van der Waals surface area contributed by atoms with Crippen molar-refractivity contribution in [1.82, 2.24) is 36.4 Å². The molecule has 15 nitrogen and oxygen atoms in total. The highest BCUT2D eigenvalue weighted by Crippen LogP contribution is 2.41. The first-order valence-electron chi connectivity index (χ1n) is 11.8. The van der Waals surface area contributed by atoms with Gasteiger partial charge in [0, 0.05) is 34.1 Å². The number of nitrogens with one attached hydrogen (secondary N) is 4. The number of carboxylic acids is 1. The van der Waals surface area contributed by atoms with Crippen LogP contribution < -0.4 is 26.2 Å². The van der Waals surface area contributed by atoms with E-state index in [-0.39, 0.29) is 28.8 Å². The van der Waals surface area contributed by atoms with E-state index in [1.54, 1.807) is 29.6 Å². The average molecular weight is 607 g/mol. The van der Waals surface area contributed by atoms with Gasteiger partial charge in [0.05, 0.1) is 12.7 Å². The van der Waals surface area contributed by atoms with Crippen molar-refractivity contribution in [3.8, 4) is 0 Å². The van der Waals surface area contributed by atoms with E-state index in [1.807, 2.05) is 0 Å². The SMILES string of the molecule is O=C(NC(C(=O)N[C@H]1C(=O)N2C(C(=O)O)=C(CSc3cccn[n+]3[O-])CSC12)c1cccs1)NN1CCNC1=O. The molecule has 3 aliphatic heterocycles. The fourth-order valence-electron chi connectivity index (χ4n) is 4.23. The van der Waals surface area contributed by atoms with Crippen LogP contribution in [0.1, 0.15) is 10.9 Å². The highest BCUT2D eigenvalue weighted by atomic mass is 32.2. The first kappa shape index (κ1) is 27.5. The molecule has 2 fully saturated rings. The van der Waals surface area contributed by atoms with Crippen LogP contribution in [0.15, 0.2) is 52.1 Å². The van der Waals surface area contributed by atoms with Crippen molar-refractivity contribution in [2.75, 3.05) is 24.6 Å². The molecule has 5 N–H and O–H groups in total. The van der Waals surface area contributed by atoms with Gasteiger partial charge in [0.2, 0.25) is 5.91 Å². The van der Waals surface area contributed by atoms with Crippen molar-refractivity contribution in [1.29, 1.82) is 0 Å². The Kier molecular flexibility index (Phi) is 7.99. The molecular formula is C22H22N8O7S3. The fraction of sp³-hybridized carbons (Fsp3) is 0.318. The number of thiophene rings is 1. The van der Waals surface area contributed by atoms with Crippen LogP contribution in [-0.2, 0) is 14.4 Å². The van der Waals surface area contributed by atoms with Gasteiger partial charge in [-0.3, -0.25) is 14.5 Å². The van der Waals surface area contributed by atoms with Crippen LogP contribution in [0.25, 0.3) is 0 Å². The second-order valence-corrected chi connectivity index (χ2v) is 11.7. The number of carbonyl (C=O) groups excluding carboxylic acids is 4. The number of rotatable bonds is 9. The van der Waals surface area contributed by atoms with Gasteiger partial charge in [0.15, 0.2) is 0 Å². The Morgan fingerprint density at radius 3 is 2.80 bits per heavy atom. The molecule has 6 amide bonds. The minimum Gasteiger partial charge on any atom is -0.593 e. The molecule has 0 aliphatic carbocycles. The number of amides is 6. The van der Waals surface area contributed by atoms with E-state index < -0.39 is 47.3 Å². The summed E-state index contributed by atoms with van der Waals surface area (Å²) in [4.78, 5) is 64.9. The van der Waals surface area contributed by atoms with Gasteiger partial charge in [-0.25, -0.2) is 24.8 Å². The number of fused-ring (bicyclic) bond motifs is 1. The lowest BCUT2D eigenvalue weighted by Gasteiger charge is -2.49. The zero-order chi connectivity index (χ0) is 28.4. The molecule has 3 aliphatic rings. The number of thioether (sulfide) groups is 2. The van der Waals surface area contributed by atoms with E-state index in [4.69, 9.17) is 0 Å². The number of β-lactam (4-membered cyclic amide) rings is 1. The maximum atomic E-state index is 13.3. The molecule has 2 aromatic heterocycles. The lowest BCUT2D eigenvalue weighted by atomic mass is 10.0. The predicted octanol–water partition coefficient (Wildman–Crippen LogP) is -0.412. The number of urea groups is 2. The third-order valence-electron chi connectivity index (χ3n) is 6.09. The molecule has 0 saturated carbocycles. The Morgan fingerprint density at radius 1 is 1.30 bits per heavy atom. The summed E-state index contributed by atoms with van der Waals surface area (Å²) in [5.41, 5.74) is 2.66. The second-order valence-electron chi connectivity index (χ2n) is 8.59. The van der Waals surface area contributed by atoms with E-state index in [0.717, 1.165) is 21.7 Å². The van der Waals surface area contributed by atoms with Crippen LogP contribution >= 0.6 is 34.9 Å². The third-order valence-corrected chi connectivity index (χ3v) is 9.44. The van der Waals surface area contributed by atoms with Crippen molar-refractivity contribution in [2.45, 2.75) is 22.5 Å². The number of hydrazine groups is 1. The quantitative estimate of drug-likeness (QED) is 0.108. The van der Waals surface area contributed by atoms with Crippen molar-refractivity contribution in [3.05, 3.63) is 57.2 Å². The number of nitrogens with zero attached hydrogens (tertiary/aromatic N) is 4. The minimum absolute atomic E-state index is 0.157. The Labute approximate surface area is 238 Å². The maximum Gasteiger partial charge on any atom is 0.352 e. The smallest absolute Gasteiger partial charge is 0.352 e. The summed E-state index contributed by atoms with van der Waals surface area (Å²) >= 11 is 3.61. The molecule has 3 atom stereocenters. The third kappa shape index (κ3) is 5.50. The topological polar surface area (TPSA) is 200 Å². The summed E-state index contributed by atoms with van der Waals surface area (Å²) in [5, 5.41) is 35.5. The number of hydrogen-bond donors (Lipinski definition) is 5. The Morgan fingerprint density at radius 2 is 2.12 bits per heavy atom. The molecule has 0 aromatic carbocycles. The lowest BCUT2D eigenvalue weighted by molar-refractivity contribution is -0.706. The van der Waals surface area contributed by atoms with Crippen molar-refractivity contribution >= 4 is 64.7 Å². The molecule has 5 heterocycles. The highest BCUT2D eigenvalue weighted by Gasteiger charge is 2.54. The van der Waals surface area contributed by atoms with E-state index in [1.165, 1.54) is 29.3 Å². The zero-order valence-electron chi connectivity index (χ0n) is 20.4. The zero-order valence-corrected chi connectivity index (χ0v) is 22.9. The van der Waals surface area contributed by atoms with Gasteiger partial charge in [-0.1, -0.05) is 6.07 Å². The van der Waals surface area contributed by atoms with Gasteiger partial charge in [-0.2, -0.15) is 0 Å². The van der Waals surface area contributed by atoms with Crippen molar-refractivity contribution in [3.63, 3.8) is 0 Å². The molecule has 18 heteroatoms. The first-order chi connectivity index (χ1) is 19.2. The van der Waals surface area contributed by atoms with Crippen LogP contribution in [-0.4, -0.2) is 86.0 Å². The summed E-state index contributed by atoms with van der Waals surface area (Å²) in [7, 11) is 0. The molecule has 0 spiro atoms. The first-order valence-corrected chi connectivity index (χ1v) is 14.7. The Balaban J connectivity index is 1.26. The van der Waals surface area contributed by atoms with E-state index >= 15 is 0 Å². The predicted molar refractivity (Wildman–Crippen MR) is 142 cm³/mol. The summed E-state index contributed by atoms with van der Waals surface area (Å²) in [5.74, 6) is -2.14. The second kappa shape index (κ2) is 11.6. The molecule has 40 heavy (non-hydrogen) atoms. The molecule has 2 aromatic rings. The number of hydrogen-bond acceptors (Lipinski definition) is 10. The molecule has 0 bridgehead atoms. The molecule has 5 rings (SSSR count). The van der Waals surface area contributed by atoms with Crippen molar-refractivity contribution in [2.24, 2.45) is 0 Å². The van der Waals surface area contributed by atoms with Crippen molar-refractivity contribution < 1.29 is 33.9 Å². The maximum absolute atomic E-state index is 13.3. The molecule has 2 unspecified atom stereocenters. The van der Waals surface area contributed by atoms with Gasteiger partial charge in [-0.05, 0) is 39.7 Å². The lowest BCUT2D eigenvalue weighted by Crippen LogP contribution is -2.71. The molecule has 210 valence electrons. The van der Waals surface area contributed by atoms with Crippen LogP contribution in [0.4, 0.5) is 9.59 Å². The Hall–Kier alpha value is -4.03. The summed E-state index contributed by atoms with van der Waals surface area (Å²) in [6, 6.07) is 3.05. The Bertz CT molecular complexity index is 1390. The van der Waals surface area contributed by atoms with Gasteiger partial charge in [0.1, 0.15) is 23.2 Å². The van der Waals surface area contributed by atoms with Gasteiger partial charge < -0.3 is 26.3 Å². The van der Waals surface area contributed by atoms with Crippen LogP contribution in [0.3, 0.4) is 0 Å². The van der Waals surface area contributed by atoms with Gasteiger partial charge >= 0.3 is 18.0 Å². The standard InChI is InChI=1S/C22H22N8O7S3/c31-17(14(12-3-2-8-38-12)26-21(35)27-28-7-6-23-22(28)36)25-15-18(32)29-16(20(33)34)11(10-40-19(15)29)9-39-13-4-1-5-24-30(13)37/h1-5,8,14-15,19H,6-7,9-10H2,(H,23,36)(H,25,31)(H,33,34)(H2,26,27,35)/t14?,15-,19?/m0/s1. The van der Waals surface area contributed by atoms with Gasteiger partial charge in [0.25, 0.3) is 10.9 Å². The molecule has 0 radical (unpaired) electrons. The number of carbonyl (C=O) groups is 5. The molecule has 2 saturated heterocycles. The fourth-order valence-corrected chi connectivity index (χ4v) is 7.37.